The van der Waals surface area contributed by atoms with Crippen LogP contribution < -0.4 is 0 Å². The Bertz CT molecular complexity index is 832. The van der Waals surface area contributed by atoms with Crippen LogP contribution >= 0.6 is 11.6 Å². The van der Waals surface area contributed by atoms with E-state index in [9.17, 15) is 18.0 Å². The lowest BCUT2D eigenvalue weighted by molar-refractivity contribution is -0.129. The van der Waals surface area contributed by atoms with E-state index in [0.29, 0.717) is 38.0 Å². The van der Waals surface area contributed by atoms with Crippen LogP contribution in [0.2, 0.25) is 5.02 Å². The summed E-state index contributed by atoms with van der Waals surface area (Å²) in [5.74, 6) is -1.47. The van der Waals surface area contributed by atoms with Gasteiger partial charge in [0.05, 0.1) is 35.0 Å². The molecule has 1 aromatic carbocycles. The number of carbonyl (C=O) groups excluding carboxylic acids is 2. The largest absolute Gasteiger partial charge is 0.382 e. The molecule has 2 atom stereocenters. The number of rotatable bonds is 6. The highest BCUT2D eigenvalue weighted by atomic mass is 35.5. The fraction of sp³-hybridized carbons (Fsp3) is 0.556. The third-order valence-corrected chi connectivity index (χ3v) is 7.18. The number of hydrogen-bond acceptors (Lipinski definition) is 6. The van der Waals surface area contributed by atoms with Gasteiger partial charge in [0, 0.05) is 19.1 Å². The number of ketones is 2. The van der Waals surface area contributed by atoms with E-state index in [1.165, 1.54) is 12.1 Å². The van der Waals surface area contributed by atoms with Crippen LogP contribution in [-0.2, 0) is 30.5 Å². The topological polar surface area (TPSA) is 86.7 Å². The van der Waals surface area contributed by atoms with Gasteiger partial charge in [0.1, 0.15) is 11.7 Å². The number of carbonyl (C=O) groups is 2. The third-order valence-electron chi connectivity index (χ3n) is 4.95. The summed E-state index contributed by atoms with van der Waals surface area (Å²) >= 11 is 6.36. The second-order valence-electron chi connectivity index (χ2n) is 6.58. The van der Waals surface area contributed by atoms with Gasteiger partial charge in [-0.05, 0) is 37.0 Å². The van der Waals surface area contributed by atoms with E-state index < -0.39 is 27.6 Å². The minimum absolute atomic E-state index is 0.00912. The van der Waals surface area contributed by atoms with E-state index in [4.69, 9.17) is 21.1 Å². The van der Waals surface area contributed by atoms with Crippen molar-refractivity contribution in [3.8, 4) is 0 Å². The molecule has 1 aliphatic heterocycles. The molecular formula is C18H21ClO6S. The third kappa shape index (κ3) is 3.58. The maximum absolute atomic E-state index is 13.1. The van der Waals surface area contributed by atoms with Gasteiger partial charge in [-0.15, -0.1) is 0 Å². The van der Waals surface area contributed by atoms with E-state index in [-0.39, 0.29) is 33.4 Å². The number of ether oxygens (including phenoxy) is 2. The van der Waals surface area contributed by atoms with Gasteiger partial charge < -0.3 is 9.47 Å². The first-order valence-electron chi connectivity index (χ1n) is 8.58. The Morgan fingerprint density at radius 1 is 1.27 bits per heavy atom. The summed E-state index contributed by atoms with van der Waals surface area (Å²) in [7, 11) is -1.78. The molecule has 0 spiro atoms. The number of sulfone groups is 1. The Labute approximate surface area is 157 Å². The van der Waals surface area contributed by atoms with E-state index in [2.05, 4.69) is 0 Å². The Morgan fingerprint density at radius 2 is 2.04 bits per heavy atom. The van der Waals surface area contributed by atoms with Crippen LogP contribution in [0.5, 0.6) is 0 Å². The second-order valence-corrected chi connectivity index (χ2v) is 9.03. The number of fused-ring (bicyclic) bond motifs is 1. The highest BCUT2D eigenvalue weighted by molar-refractivity contribution is 7.91. The molecule has 0 N–H and O–H groups in total. The molecule has 0 amide bonds. The average molecular weight is 401 g/mol. The van der Waals surface area contributed by atoms with Gasteiger partial charge in [-0.1, -0.05) is 11.6 Å². The van der Waals surface area contributed by atoms with Crippen LogP contribution in [0.25, 0.3) is 0 Å². The van der Waals surface area contributed by atoms with Gasteiger partial charge >= 0.3 is 0 Å². The van der Waals surface area contributed by atoms with Gasteiger partial charge in [-0.2, -0.15) is 0 Å². The standard InChI is InChI=1S/C18H21ClO6S/c1-24-8-9-25-14-4-2-3-13(20)16(14)18(21)12-5-6-15-11(17(12)19)7-10-26(15,22)23/h5-6,14,16H,2-4,7-10H2,1H3. The van der Waals surface area contributed by atoms with Crippen LogP contribution in [0.3, 0.4) is 0 Å². The zero-order chi connectivity index (χ0) is 18.9. The molecule has 1 aromatic rings. The maximum atomic E-state index is 13.1. The van der Waals surface area contributed by atoms with Crippen molar-refractivity contribution in [1.82, 2.24) is 0 Å². The number of Topliss-reactive ketones (excluding diaryl/α,β-unsaturated/α-hetero) is 2. The normalized spacial score (nSPS) is 24.5. The quantitative estimate of drug-likeness (QED) is 0.413. The summed E-state index contributed by atoms with van der Waals surface area (Å²) in [5.41, 5.74) is 0.667. The van der Waals surface area contributed by atoms with Crippen LogP contribution in [0.15, 0.2) is 17.0 Å². The molecule has 1 heterocycles. The maximum Gasteiger partial charge on any atom is 0.179 e. The minimum atomic E-state index is -3.33. The predicted octanol–water partition coefficient (Wildman–Crippen LogP) is 2.25. The zero-order valence-corrected chi connectivity index (χ0v) is 16.1. The second kappa shape index (κ2) is 7.76. The Hall–Kier alpha value is -1.28. The van der Waals surface area contributed by atoms with E-state index in [1.807, 2.05) is 0 Å². The van der Waals surface area contributed by atoms with Crippen LogP contribution in [-0.4, -0.2) is 52.2 Å². The number of hydrogen-bond donors (Lipinski definition) is 0. The summed E-state index contributed by atoms with van der Waals surface area (Å²) in [6.07, 6.45) is 1.40. The first-order chi connectivity index (χ1) is 12.4. The fourth-order valence-electron chi connectivity index (χ4n) is 3.62. The Morgan fingerprint density at radius 3 is 2.77 bits per heavy atom. The molecule has 1 saturated carbocycles. The SMILES string of the molecule is COCCOC1CCCC(=O)C1C(=O)c1ccc2c(c1Cl)CCS2(=O)=O. The van der Waals surface area contributed by atoms with E-state index >= 15 is 0 Å². The molecule has 1 fully saturated rings. The number of methoxy groups -OCH3 is 1. The number of halogens is 1. The van der Waals surface area contributed by atoms with Gasteiger partial charge in [-0.25, -0.2) is 8.42 Å². The average Bonchev–Trinajstić information content (AvgIpc) is 2.91. The smallest absolute Gasteiger partial charge is 0.179 e. The Balaban J connectivity index is 1.91. The molecule has 2 aliphatic rings. The summed E-state index contributed by atoms with van der Waals surface area (Å²) in [6.45, 7) is 0.678. The van der Waals surface area contributed by atoms with Gasteiger partial charge in [0.15, 0.2) is 15.6 Å². The van der Waals surface area contributed by atoms with Gasteiger partial charge in [0.25, 0.3) is 0 Å². The summed E-state index contributed by atoms with van der Waals surface area (Å²) in [6, 6.07) is 2.84. The molecule has 0 saturated heterocycles. The molecule has 8 heteroatoms. The van der Waals surface area contributed by atoms with Crippen molar-refractivity contribution in [2.75, 3.05) is 26.1 Å². The van der Waals surface area contributed by atoms with E-state index in [1.54, 1.807) is 7.11 Å². The van der Waals surface area contributed by atoms with Crippen LogP contribution in [0.4, 0.5) is 0 Å². The lowest BCUT2D eigenvalue weighted by atomic mass is 9.80. The monoisotopic (exact) mass is 400 g/mol. The zero-order valence-electron chi connectivity index (χ0n) is 14.5. The van der Waals surface area contributed by atoms with Crippen LogP contribution in [0, 0.1) is 5.92 Å². The first-order valence-corrected chi connectivity index (χ1v) is 10.6. The van der Waals surface area contributed by atoms with Crippen molar-refractivity contribution >= 4 is 33.0 Å². The van der Waals surface area contributed by atoms with Crippen molar-refractivity contribution in [3.05, 3.63) is 28.3 Å². The molecule has 26 heavy (non-hydrogen) atoms. The highest BCUT2D eigenvalue weighted by Crippen LogP contribution is 2.36. The van der Waals surface area contributed by atoms with Gasteiger partial charge in [-0.3, -0.25) is 9.59 Å². The van der Waals surface area contributed by atoms with Crippen molar-refractivity contribution < 1.29 is 27.5 Å². The van der Waals surface area contributed by atoms with Gasteiger partial charge in [0.2, 0.25) is 0 Å². The first kappa shape index (κ1) is 19.5. The fourth-order valence-corrected chi connectivity index (χ4v) is 5.57. The lowest BCUT2D eigenvalue weighted by Crippen LogP contribution is -2.41. The molecule has 0 aromatic heterocycles. The summed E-state index contributed by atoms with van der Waals surface area (Å²) in [4.78, 5) is 25.7. The molecule has 0 bridgehead atoms. The molecule has 2 unspecified atom stereocenters. The van der Waals surface area contributed by atoms with Crippen molar-refractivity contribution in [2.45, 2.75) is 36.7 Å². The molecule has 0 radical (unpaired) electrons. The molecule has 3 rings (SSSR count). The van der Waals surface area contributed by atoms with Crippen molar-refractivity contribution in [2.24, 2.45) is 5.92 Å². The Kier molecular flexibility index (Phi) is 5.81. The van der Waals surface area contributed by atoms with Crippen molar-refractivity contribution in [3.63, 3.8) is 0 Å². The molecule has 142 valence electrons. The van der Waals surface area contributed by atoms with Crippen LogP contribution in [0.1, 0.15) is 35.2 Å². The number of benzene rings is 1. The summed E-state index contributed by atoms with van der Waals surface area (Å²) in [5, 5.41) is 0.141. The predicted molar refractivity (Wildman–Crippen MR) is 95.5 cm³/mol. The molecule has 6 nitrogen and oxygen atoms in total. The molecule has 1 aliphatic carbocycles. The summed E-state index contributed by atoms with van der Waals surface area (Å²) < 4.78 is 34.7. The van der Waals surface area contributed by atoms with E-state index in [0.717, 1.165) is 0 Å². The molecular weight excluding hydrogens is 380 g/mol. The van der Waals surface area contributed by atoms with Crippen molar-refractivity contribution in [1.29, 1.82) is 0 Å². The lowest BCUT2D eigenvalue weighted by Gasteiger charge is -2.29. The minimum Gasteiger partial charge on any atom is -0.382 e. The highest BCUT2D eigenvalue weighted by Gasteiger charge is 2.40.